The lowest BCUT2D eigenvalue weighted by atomic mass is 10.0. The summed E-state index contributed by atoms with van der Waals surface area (Å²) in [5.41, 5.74) is 5.42. The van der Waals surface area contributed by atoms with E-state index in [9.17, 15) is 5.11 Å². The van der Waals surface area contributed by atoms with Crippen molar-refractivity contribution < 1.29 is 5.11 Å². The molecule has 140 valence electrons. The molecule has 0 spiro atoms. The van der Waals surface area contributed by atoms with Crippen LogP contribution in [0.1, 0.15) is 44.7 Å². The van der Waals surface area contributed by atoms with Gasteiger partial charge in [0.1, 0.15) is 22.5 Å². The molecule has 1 aromatic heterocycles. The first-order valence-electron chi connectivity index (χ1n) is 9.41. The van der Waals surface area contributed by atoms with Crippen molar-refractivity contribution in [2.45, 2.75) is 40.5 Å². The molecule has 4 heteroatoms. The second-order valence-corrected chi connectivity index (χ2v) is 7.40. The van der Waals surface area contributed by atoms with Crippen LogP contribution >= 0.6 is 0 Å². The minimum absolute atomic E-state index is 0.202. The Bertz CT molecular complexity index is 961. The largest absolute Gasteiger partial charge is 0.505 e. The maximum absolute atomic E-state index is 10.8. The Kier molecular flexibility index (Phi) is 5.75. The lowest BCUT2D eigenvalue weighted by molar-refractivity contribution is 0.466. The standard InChI is InChI=1S/C23H27N3O/c1-16(2)8-7-9-17(3)12-13-19-14-18(4)15-22(23(19)27)26-24-20-10-5-6-11-21(20)25-26/h5-6,8,10-15,17,27H,7,9H2,1-4H3. The van der Waals surface area contributed by atoms with E-state index in [4.69, 9.17) is 0 Å². The Hall–Kier alpha value is -2.88. The molecule has 1 unspecified atom stereocenters. The molecule has 0 saturated carbocycles. The van der Waals surface area contributed by atoms with Crippen molar-refractivity contribution in [3.63, 3.8) is 0 Å². The van der Waals surface area contributed by atoms with E-state index in [0.717, 1.165) is 35.0 Å². The molecule has 1 heterocycles. The first kappa shape index (κ1) is 18.9. The molecule has 2 aromatic carbocycles. The second kappa shape index (κ2) is 8.21. The third-order valence-electron chi connectivity index (χ3n) is 4.54. The number of phenolic OH excluding ortho intramolecular Hbond substituents is 1. The van der Waals surface area contributed by atoms with Crippen LogP contribution in [0.2, 0.25) is 0 Å². The van der Waals surface area contributed by atoms with Gasteiger partial charge in [-0.25, -0.2) is 0 Å². The number of nitrogens with zero attached hydrogens (tertiary/aromatic N) is 3. The number of rotatable bonds is 6. The average molecular weight is 361 g/mol. The monoisotopic (exact) mass is 361 g/mol. The van der Waals surface area contributed by atoms with Gasteiger partial charge in [0.25, 0.3) is 0 Å². The van der Waals surface area contributed by atoms with Gasteiger partial charge in [-0.3, -0.25) is 0 Å². The van der Waals surface area contributed by atoms with Gasteiger partial charge in [0.15, 0.2) is 0 Å². The summed E-state index contributed by atoms with van der Waals surface area (Å²) in [4.78, 5) is 1.52. The summed E-state index contributed by atoms with van der Waals surface area (Å²) in [6.07, 6.45) is 8.59. The molecule has 3 aromatic rings. The molecular weight excluding hydrogens is 334 g/mol. The van der Waals surface area contributed by atoms with Gasteiger partial charge in [0.05, 0.1) is 0 Å². The highest BCUT2D eigenvalue weighted by Crippen LogP contribution is 2.29. The van der Waals surface area contributed by atoms with E-state index in [1.807, 2.05) is 49.4 Å². The van der Waals surface area contributed by atoms with Crippen molar-refractivity contribution in [3.05, 3.63) is 65.3 Å². The van der Waals surface area contributed by atoms with Crippen molar-refractivity contribution in [1.29, 1.82) is 0 Å². The lowest BCUT2D eigenvalue weighted by Gasteiger charge is -2.09. The molecular formula is C23H27N3O. The molecule has 0 radical (unpaired) electrons. The zero-order valence-electron chi connectivity index (χ0n) is 16.5. The van der Waals surface area contributed by atoms with Crippen LogP contribution < -0.4 is 0 Å². The van der Waals surface area contributed by atoms with Gasteiger partial charge < -0.3 is 5.11 Å². The average Bonchev–Trinajstić information content (AvgIpc) is 3.05. The first-order chi connectivity index (χ1) is 12.9. The minimum atomic E-state index is 0.202. The number of hydrogen-bond acceptors (Lipinski definition) is 3. The summed E-state index contributed by atoms with van der Waals surface area (Å²) in [5, 5.41) is 19.8. The van der Waals surface area contributed by atoms with Crippen LogP contribution in [0.15, 0.2) is 54.1 Å². The predicted octanol–water partition coefficient (Wildman–Crippen LogP) is 5.83. The van der Waals surface area contributed by atoms with Crippen LogP contribution in [-0.2, 0) is 0 Å². The second-order valence-electron chi connectivity index (χ2n) is 7.40. The molecule has 1 N–H and O–H groups in total. The van der Waals surface area contributed by atoms with E-state index >= 15 is 0 Å². The fraction of sp³-hybridized carbons (Fsp3) is 0.304. The molecule has 27 heavy (non-hydrogen) atoms. The van der Waals surface area contributed by atoms with Gasteiger partial charge in [0, 0.05) is 5.56 Å². The fourth-order valence-electron chi connectivity index (χ4n) is 3.03. The molecule has 0 amide bonds. The number of phenols is 1. The Balaban J connectivity index is 1.87. The summed E-state index contributed by atoms with van der Waals surface area (Å²) in [7, 11) is 0. The number of aromatic hydroxyl groups is 1. The van der Waals surface area contributed by atoms with Gasteiger partial charge >= 0.3 is 0 Å². The number of fused-ring (bicyclic) bond motifs is 1. The van der Waals surface area contributed by atoms with Crippen molar-refractivity contribution in [2.75, 3.05) is 0 Å². The number of benzene rings is 2. The van der Waals surface area contributed by atoms with E-state index in [-0.39, 0.29) is 5.75 Å². The SMILES string of the molecule is CC(C)=CCCC(C)C=Cc1cc(C)cc(-n2nc3ccccc3n2)c1O. The molecule has 0 aliphatic carbocycles. The Labute approximate surface area is 160 Å². The van der Waals surface area contributed by atoms with Crippen LogP contribution in [0, 0.1) is 12.8 Å². The van der Waals surface area contributed by atoms with Crippen LogP contribution in [0.4, 0.5) is 0 Å². The normalized spacial score (nSPS) is 12.6. The van der Waals surface area contributed by atoms with Crippen molar-refractivity contribution in [3.8, 4) is 11.4 Å². The maximum atomic E-state index is 10.8. The summed E-state index contributed by atoms with van der Waals surface area (Å²) >= 11 is 0. The van der Waals surface area contributed by atoms with Crippen molar-refractivity contribution in [2.24, 2.45) is 5.92 Å². The Morgan fingerprint density at radius 2 is 1.81 bits per heavy atom. The van der Waals surface area contributed by atoms with Crippen molar-refractivity contribution >= 4 is 17.1 Å². The first-order valence-corrected chi connectivity index (χ1v) is 9.41. The topological polar surface area (TPSA) is 50.9 Å². The van der Waals surface area contributed by atoms with Crippen LogP contribution in [0.5, 0.6) is 5.75 Å². The van der Waals surface area contributed by atoms with Gasteiger partial charge in [-0.15, -0.1) is 15.0 Å². The number of hydrogen-bond donors (Lipinski definition) is 1. The molecule has 1 atom stereocenters. The third kappa shape index (κ3) is 4.64. The molecule has 0 fully saturated rings. The van der Waals surface area contributed by atoms with E-state index < -0.39 is 0 Å². The molecule has 4 nitrogen and oxygen atoms in total. The van der Waals surface area contributed by atoms with Gasteiger partial charge in [-0.2, -0.15) is 0 Å². The summed E-state index contributed by atoms with van der Waals surface area (Å²) in [5.74, 6) is 0.642. The lowest BCUT2D eigenvalue weighted by Crippen LogP contribution is -2.00. The van der Waals surface area contributed by atoms with E-state index in [0.29, 0.717) is 11.6 Å². The Morgan fingerprint density at radius 3 is 2.44 bits per heavy atom. The zero-order valence-corrected chi connectivity index (χ0v) is 16.5. The van der Waals surface area contributed by atoms with Gasteiger partial charge in [-0.1, -0.05) is 42.9 Å². The smallest absolute Gasteiger partial charge is 0.150 e. The zero-order chi connectivity index (χ0) is 19.4. The third-order valence-corrected chi connectivity index (χ3v) is 4.54. The molecule has 0 aliphatic rings. The maximum Gasteiger partial charge on any atom is 0.150 e. The van der Waals surface area contributed by atoms with Crippen LogP contribution in [0.25, 0.3) is 22.8 Å². The molecule has 3 rings (SSSR count). The van der Waals surface area contributed by atoms with Crippen LogP contribution in [-0.4, -0.2) is 20.1 Å². The van der Waals surface area contributed by atoms with Gasteiger partial charge in [-0.05, 0) is 69.4 Å². The number of aromatic nitrogens is 3. The van der Waals surface area contributed by atoms with E-state index in [1.165, 1.54) is 10.4 Å². The fourth-order valence-corrected chi connectivity index (χ4v) is 3.03. The number of allylic oxidation sites excluding steroid dienone is 3. The Morgan fingerprint density at radius 1 is 1.15 bits per heavy atom. The number of aryl methyl sites for hydroxylation is 1. The van der Waals surface area contributed by atoms with Crippen LogP contribution in [0.3, 0.4) is 0 Å². The summed E-state index contributed by atoms with van der Waals surface area (Å²) < 4.78 is 0. The quantitative estimate of drug-likeness (QED) is 0.562. The highest BCUT2D eigenvalue weighted by atomic mass is 16.3. The van der Waals surface area contributed by atoms with E-state index in [2.05, 4.69) is 43.1 Å². The van der Waals surface area contributed by atoms with Crippen molar-refractivity contribution in [1.82, 2.24) is 15.0 Å². The minimum Gasteiger partial charge on any atom is -0.505 e. The highest BCUT2D eigenvalue weighted by Gasteiger charge is 2.12. The summed E-state index contributed by atoms with van der Waals surface area (Å²) in [6, 6.07) is 11.6. The summed E-state index contributed by atoms with van der Waals surface area (Å²) in [6.45, 7) is 8.46. The predicted molar refractivity (Wildman–Crippen MR) is 112 cm³/mol. The molecule has 0 aliphatic heterocycles. The van der Waals surface area contributed by atoms with E-state index in [1.54, 1.807) is 0 Å². The molecule has 0 bridgehead atoms. The van der Waals surface area contributed by atoms with Gasteiger partial charge in [0.2, 0.25) is 0 Å². The highest BCUT2D eigenvalue weighted by molar-refractivity contribution is 5.74. The molecule has 0 saturated heterocycles.